The molecule has 146 valence electrons. The fourth-order valence-corrected chi connectivity index (χ4v) is 3.98. The van der Waals surface area contributed by atoms with Crippen molar-refractivity contribution in [2.24, 2.45) is 0 Å². The van der Waals surface area contributed by atoms with E-state index in [1.165, 1.54) is 21.6 Å². The maximum absolute atomic E-state index is 13.2. The normalized spacial score (nSPS) is 10.8. The van der Waals surface area contributed by atoms with E-state index in [-0.39, 0.29) is 5.91 Å². The van der Waals surface area contributed by atoms with Gasteiger partial charge in [-0.1, -0.05) is 30.3 Å². The third-order valence-electron chi connectivity index (χ3n) is 4.59. The first-order valence-corrected chi connectivity index (χ1v) is 10.2. The summed E-state index contributed by atoms with van der Waals surface area (Å²) in [5, 5.41) is 4.07. The minimum absolute atomic E-state index is 0.0235. The van der Waals surface area contributed by atoms with Crippen molar-refractivity contribution in [1.29, 1.82) is 0 Å². The second-order valence-electron chi connectivity index (χ2n) is 6.72. The SMILES string of the molecule is Cc1ccc(CN(CCc2ccccc2)C(=O)c2ccc(-n3cncn3)nc2)s1. The van der Waals surface area contributed by atoms with Crippen LogP contribution in [0, 0.1) is 6.92 Å². The first-order valence-electron chi connectivity index (χ1n) is 9.38. The summed E-state index contributed by atoms with van der Waals surface area (Å²) in [6.45, 7) is 3.32. The monoisotopic (exact) mass is 403 g/mol. The van der Waals surface area contributed by atoms with Crippen LogP contribution in [-0.2, 0) is 13.0 Å². The molecule has 0 spiro atoms. The number of hydrogen-bond donors (Lipinski definition) is 0. The van der Waals surface area contributed by atoms with Gasteiger partial charge in [0.05, 0.1) is 12.1 Å². The number of hydrogen-bond acceptors (Lipinski definition) is 5. The Balaban J connectivity index is 1.52. The third-order valence-corrected chi connectivity index (χ3v) is 5.58. The van der Waals surface area contributed by atoms with Gasteiger partial charge in [0.25, 0.3) is 5.91 Å². The number of carbonyl (C=O) groups excluding carboxylic acids is 1. The van der Waals surface area contributed by atoms with Crippen molar-refractivity contribution in [3.63, 3.8) is 0 Å². The lowest BCUT2D eigenvalue weighted by Crippen LogP contribution is -2.32. The standard InChI is InChI=1S/C22H21N5OS/c1-17-7-9-20(29-17)14-26(12-11-18-5-3-2-4-6-18)22(28)19-8-10-21(24-13-19)27-16-23-15-25-27/h2-10,13,15-16H,11-12,14H2,1H3. The van der Waals surface area contributed by atoms with Crippen molar-refractivity contribution in [2.45, 2.75) is 19.9 Å². The highest BCUT2D eigenvalue weighted by atomic mass is 32.1. The average Bonchev–Trinajstić information content (AvgIpc) is 3.43. The number of aromatic nitrogens is 4. The van der Waals surface area contributed by atoms with Gasteiger partial charge in [-0.15, -0.1) is 11.3 Å². The van der Waals surface area contributed by atoms with Crippen molar-refractivity contribution >= 4 is 17.2 Å². The van der Waals surface area contributed by atoms with Gasteiger partial charge in [-0.3, -0.25) is 4.79 Å². The Morgan fingerprint density at radius 2 is 1.97 bits per heavy atom. The Labute approximate surface area is 173 Å². The average molecular weight is 404 g/mol. The number of carbonyl (C=O) groups is 1. The number of benzene rings is 1. The summed E-state index contributed by atoms with van der Waals surface area (Å²) in [5.41, 5.74) is 1.78. The molecule has 29 heavy (non-hydrogen) atoms. The summed E-state index contributed by atoms with van der Waals surface area (Å²) in [4.78, 5) is 25.8. The lowest BCUT2D eigenvalue weighted by atomic mass is 10.1. The highest BCUT2D eigenvalue weighted by Crippen LogP contribution is 2.19. The Bertz CT molecular complexity index is 1060. The topological polar surface area (TPSA) is 63.9 Å². The van der Waals surface area contributed by atoms with E-state index in [2.05, 4.69) is 46.3 Å². The van der Waals surface area contributed by atoms with Crippen LogP contribution in [0.25, 0.3) is 5.82 Å². The second-order valence-corrected chi connectivity index (χ2v) is 8.09. The van der Waals surface area contributed by atoms with Gasteiger partial charge in [0.2, 0.25) is 0 Å². The van der Waals surface area contributed by atoms with Crippen LogP contribution in [0.5, 0.6) is 0 Å². The van der Waals surface area contributed by atoms with Crippen molar-refractivity contribution < 1.29 is 4.79 Å². The molecule has 3 heterocycles. The van der Waals surface area contributed by atoms with Crippen LogP contribution in [0.2, 0.25) is 0 Å². The summed E-state index contributed by atoms with van der Waals surface area (Å²) in [7, 11) is 0. The lowest BCUT2D eigenvalue weighted by molar-refractivity contribution is 0.0746. The summed E-state index contributed by atoms with van der Waals surface area (Å²) in [6.07, 6.45) is 5.44. The molecule has 0 radical (unpaired) electrons. The minimum atomic E-state index is -0.0235. The highest BCUT2D eigenvalue weighted by molar-refractivity contribution is 7.11. The van der Waals surface area contributed by atoms with Crippen LogP contribution in [0.4, 0.5) is 0 Å². The van der Waals surface area contributed by atoms with Crippen LogP contribution in [0.1, 0.15) is 25.7 Å². The van der Waals surface area contributed by atoms with Gasteiger partial charge in [0.15, 0.2) is 5.82 Å². The molecule has 1 amide bonds. The zero-order valence-corrected chi connectivity index (χ0v) is 16.9. The molecule has 0 saturated heterocycles. The molecule has 6 nitrogen and oxygen atoms in total. The Morgan fingerprint density at radius 1 is 1.10 bits per heavy atom. The molecular weight excluding hydrogens is 382 g/mol. The summed E-state index contributed by atoms with van der Waals surface area (Å²) in [6, 6.07) is 18.0. The molecule has 1 aromatic carbocycles. The number of amides is 1. The molecule has 0 aliphatic rings. The van der Waals surface area contributed by atoms with Crippen LogP contribution < -0.4 is 0 Å². The number of nitrogens with zero attached hydrogens (tertiary/aromatic N) is 5. The molecule has 0 fully saturated rings. The molecular formula is C22H21N5OS. The smallest absolute Gasteiger partial charge is 0.255 e. The van der Waals surface area contributed by atoms with Crippen molar-refractivity contribution in [3.8, 4) is 5.82 Å². The number of thiophene rings is 1. The van der Waals surface area contributed by atoms with Gasteiger partial charge in [-0.05, 0) is 43.2 Å². The van der Waals surface area contributed by atoms with Crippen LogP contribution in [0.15, 0.2) is 73.4 Å². The summed E-state index contributed by atoms with van der Waals surface area (Å²) >= 11 is 1.72. The molecule has 0 bridgehead atoms. The van der Waals surface area contributed by atoms with Crippen molar-refractivity contribution in [1.82, 2.24) is 24.6 Å². The Hall–Kier alpha value is -3.32. The summed E-state index contributed by atoms with van der Waals surface area (Å²) in [5.74, 6) is 0.605. The lowest BCUT2D eigenvalue weighted by Gasteiger charge is -2.22. The number of pyridine rings is 1. The van der Waals surface area contributed by atoms with Gasteiger partial charge in [-0.2, -0.15) is 5.10 Å². The van der Waals surface area contributed by atoms with E-state index in [0.29, 0.717) is 24.5 Å². The van der Waals surface area contributed by atoms with E-state index < -0.39 is 0 Å². The predicted molar refractivity (Wildman–Crippen MR) is 113 cm³/mol. The van der Waals surface area contributed by atoms with Crippen LogP contribution >= 0.6 is 11.3 Å². The van der Waals surface area contributed by atoms with E-state index in [1.807, 2.05) is 23.1 Å². The Morgan fingerprint density at radius 3 is 2.62 bits per heavy atom. The van der Waals surface area contributed by atoms with E-state index in [4.69, 9.17) is 0 Å². The third kappa shape index (κ3) is 4.75. The molecule has 4 rings (SSSR count). The number of aryl methyl sites for hydroxylation is 1. The quantitative estimate of drug-likeness (QED) is 0.469. The second kappa shape index (κ2) is 8.79. The van der Waals surface area contributed by atoms with Crippen molar-refractivity contribution in [3.05, 3.63) is 94.3 Å². The van der Waals surface area contributed by atoms with Gasteiger partial charge in [-0.25, -0.2) is 14.6 Å². The summed E-state index contributed by atoms with van der Waals surface area (Å²) < 4.78 is 1.57. The zero-order valence-electron chi connectivity index (χ0n) is 16.1. The van der Waals surface area contributed by atoms with Gasteiger partial charge >= 0.3 is 0 Å². The highest BCUT2D eigenvalue weighted by Gasteiger charge is 2.18. The maximum Gasteiger partial charge on any atom is 0.255 e. The van der Waals surface area contributed by atoms with Crippen molar-refractivity contribution in [2.75, 3.05) is 6.54 Å². The molecule has 7 heteroatoms. The molecule has 0 atom stereocenters. The first-order chi connectivity index (χ1) is 14.2. The van der Waals surface area contributed by atoms with Crippen LogP contribution in [0.3, 0.4) is 0 Å². The molecule has 0 N–H and O–H groups in total. The minimum Gasteiger partial charge on any atom is -0.333 e. The number of rotatable bonds is 7. The molecule has 0 saturated carbocycles. The molecule has 0 aliphatic carbocycles. The first kappa shape index (κ1) is 19.0. The zero-order chi connectivity index (χ0) is 20.1. The fraction of sp³-hybridized carbons (Fsp3) is 0.182. The van der Waals surface area contributed by atoms with Gasteiger partial charge in [0, 0.05) is 22.5 Å². The van der Waals surface area contributed by atoms with E-state index in [1.54, 1.807) is 40.7 Å². The van der Waals surface area contributed by atoms with E-state index >= 15 is 0 Å². The molecule has 3 aromatic heterocycles. The Kier molecular flexibility index (Phi) is 5.76. The van der Waals surface area contributed by atoms with E-state index in [0.717, 1.165) is 6.42 Å². The molecule has 0 unspecified atom stereocenters. The van der Waals surface area contributed by atoms with Crippen LogP contribution in [-0.4, -0.2) is 37.1 Å². The van der Waals surface area contributed by atoms with E-state index in [9.17, 15) is 4.79 Å². The molecule has 4 aromatic rings. The van der Waals surface area contributed by atoms with Gasteiger partial charge < -0.3 is 4.90 Å². The fourth-order valence-electron chi connectivity index (χ4n) is 3.08. The van der Waals surface area contributed by atoms with Gasteiger partial charge in [0.1, 0.15) is 12.7 Å². The molecule has 0 aliphatic heterocycles. The largest absolute Gasteiger partial charge is 0.333 e. The predicted octanol–water partition coefficient (Wildman–Crippen LogP) is 3.92. The maximum atomic E-state index is 13.2.